The molecule has 6 heteroatoms. The fourth-order valence-corrected chi connectivity index (χ4v) is 1.63. The third-order valence-corrected chi connectivity index (χ3v) is 2.85. The number of halogens is 1. The second-order valence-electron chi connectivity index (χ2n) is 4.32. The summed E-state index contributed by atoms with van der Waals surface area (Å²) in [5, 5.41) is 14.0. The van der Waals surface area contributed by atoms with E-state index in [-0.39, 0.29) is 12.6 Å². The molecule has 0 spiro atoms. The van der Waals surface area contributed by atoms with E-state index >= 15 is 0 Å². The topological polar surface area (TPSA) is 78.4 Å². The molecule has 0 aliphatic heterocycles. The van der Waals surface area contributed by atoms with Crippen molar-refractivity contribution >= 4 is 29.1 Å². The van der Waals surface area contributed by atoms with Crippen molar-refractivity contribution in [2.24, 2.45) is 0 Å². The molecule has 0 bridgehead atoms. The number of hydrogen-bond acceptors (Lipinski definition) is 3. The lowest BCUT2D eigenvalue weighted by atomic mass is 10.2. The van der Waals surface area contributed by atoms with Crippen molar-refractivity contribution in [3.63, 3.8) is 0 Å². The predicted octanol–water partition coefficient (Wildman–Crippen LogP) is 1.47. The van der Waals surface area contributed by atoms with Crippen LogP contribution in [0.25, 0.3) is 0 Å². The molecule has 0 aliphatic carbocycles. The summed E-state index contributed by atoms with van der Waals surface area (Å²) in [6.07, 6.45) is 0.393. The molecule has 0 saturated heterocycles. The van der Waals surface area contributed by atoms with E-state index < -0.39 is 11.8 Å². The second kappa shape index (κ2) is 7.11. The highest BCUT2D eigenvalue weighted by atomic mass is 35.5. The molecule has 104 valence electrons. The molecule has 0 unspecified atom stereocenters. The summed E-state index contributed by atoms with van der Waals surface area (Å²) in [6, 6.07) is 4.88. The van der Waals surface area contributed by atoms with Gasteiger partial charge in [0.05, 0.1) is 10.7 Å². The quantitative estimate of drug-likeness (QED) is 0.733. The standard InChI is InChI=1S/C13H17ClN2O3/c1-8-3-4-10(14)11(7-8)16-13(19)12(18)15-9(2)5-6-17/h3-4,7,9,17H,5-6H2,1-2H3,(H,15,18)(H,16,19)/t9-/m1/s1. The zero-order valence-corrected chi connectivity index (χ0v) is 11.6. The number of rotatable bonds is 4. The molecule has 0 aliphatic rings. The molecule has 19 heavy (non-hydrogen) atoms. The highest BCUT2D eigenvalue weighted by Crippen LogP contribution is 2.22. The van der Waals surface area contributed by atoms with Crippen LogP contribution in [0.4, 0.5) is 5.69 Å². The molecule has 0 fully saturated rings. The van der Waals surface area contributed by atoms with Crippen LogP contribution in [0.15, 0.2) is 18.2 Å². The lowest BCUT2D eigenvalue weighted by molar-refractivity contribution is -0.136. The third kappa shape index (κ3) is 4.89. The summed E-state index contributed by atoms with van der Waals surface area (Å²) in [5.41, 5.74) is 1.32. The average Bonchev–Trinajstić information content (AvgIpc) is 2.34. The minimum atomic E-state index is -0.780. The summed E-state index contributed by atoms with van der Waals surface area (Å²) >= 11 is 5.92. The summed E-state index contributed by atoms with van der Waals surface area (Å²) < 4.78 is 0. The Kier molecular flexibility index (Phi) is 5.79. The number of nitrogens with one attached hydrogen (secondary N) is 2. The second-order valence-corrected chi connectivity index (χ2v) is 4.73. The van der Waals surface area contributed by atoms with Gasteiger partial charge in [0, 0.05) is 12.6 Å². The van der Waals surface area contributed by atoms with E-state index in [4.69, 9.17) is 16.7 Å². The Bertz CT molecular complexity index is 477. The molecule has 1 aromatic carbocycles. The van der Waals surface area contributed by atoms with Crippen LogP contribution >= 0.6 is 11.6 Å². The highest BCUT2D eigenvalue weighted by molar-refractivity contribution is 6.41. The van der Waals surface area contributed by atoms with E-state index in [2.05, 4.69) is 10.6 Å². The Labute approximate surface area is 117 Å². The summed E-state index contributed by atoms with van der Waals surface area (Å²) in [7, 11) is 0. The van der Waals surface area contributed by atoms with E-state index in [1.54, 1.807) is 25.1 Å². The van der Waals surface area contributed by atoms with Gasteiger partial charge in [0.1, 0.15) is 0 Å². The number of anilines is 1. The van der Waals surface area contributed by atoms with Crippen molar-refractivity contribution < 1.29 is 14.7 Å². The first-order valence-corrected chi connectivity index (χ1v) is 6.30. The van der Waals surface area contributed by atoms with Gasteiger partial charge >= 0.3 is 11.8 Å². The Morgan fingerprint density at radius 3 is 2.68 bits per heavy atom. The summed E-state index contributed by atoms with van der Waals surface area (Å²) in [4.78, 5) is 23.3. The van der Waals surface area contributed by atoms with E-state index in [9.17, 15) is 9.59 Å². The van der Waals surface area contributed by atoms with Crippen LogP contribution in [0, 0.1) is 6.92 Å². The van der Waals surface area contributed by atoms with Crippen molar-refractivity contribution in [3.05, 3.63) is 28.8 Å². The van der Waals surface area contributed by atoms with Crippen LogP contribution < -0.4 is 10.6 Å². The highest BCUT2D eigenvalue weighted by Gasteiger charge is 2.17. The number of aliphatic hydroxyl groups is 1. The maximum atomic E-state index is 11.7. The molecule has 5 nitrogen and oxygen atoms in total. The first-order chi connectivity index (χ1) is 8.93. The van der Waals surface area contributed by atoms with Gasteiger partial charge in [-0.2, -0.15) is 0 Å². The third-order valence-electron chi connectivity index (χ3n) is 2.52. The number of benzene rings is 1. The number of hydrogen-bond donors (Lipinski definition) is 3. The molecule has 1 rings (SSSR count). The van der Waals surface area contributed by atoms with Crippen LogP contribution in [-0.4, -0.2) is 29.6 Å². The van der Waals surface area contributed by atoms with Gasteiger partial charge in [-0.3, -0.25) is 9.59 Å². The van der Waals surface area contributed by atoms with Gasteiger partial charge in [-0.25, -0.2) is 0 Å². The fourth-order valence-electron chi connectivity index (χ4n) is 1.47. The smallest absolute Gasteiger partial charge is 0.313 e. The molecule has 1 aromatic rings. The van der Waals surface area contributed by atoms with Crippen LogP contribution in [0.3, 0.4) is 0 Å². The zero-order valence-electron chi connectivity index (χ0n) is 10.9. The van der Waals surface area contributed by atoms with Crippen molar-refractivity contribution in [2.75, 3.05) is 11.9 Å². The zero-order chi connectivity index (χ0) is 14.4. The number of aliphatic hydroxyl groups excluding tert-OH is 1. The van der Waals surface area contributed by atoms with E-state index in [1.807, 2.05) is 6.92 Å². The average molecular weight is 285 g/mol. The number of carbonyl (C=O) groups is 2. The van der Waals surface area contributed by atoms with Crippen molar-refractivity contribution in [3.8, 4) is 0 Å². The van der Waals surface area contributed by atoms with Crippen molar-refractivity contribution in [1.29, 1.82) is 0 Å². The van der Waals surface area contributed by atoms with Gasteiger partial charge in [-0.15, -0.1) is 0 Å². The van der Waals surface area contributed by atoms with Gasteiger partial charge in [0.25, 0.3) is 0 Å². The molecule has 0 saturated carbocycles. The van der Waals surface area contributed by atoms with Crippen LogP contribution in [0.5, 0.6) is 0 Å². The lowest BCUT2D eigenvalue weighted by Crippen LogP contribution is -2.40. The minimum Gasteiger partial charge on any atom is -0.396 e. The van der Waals surface area contributed by atoms with Crippen molar-refractivity contribution in [1.82, 2.24) is 5.32 Å². The monoisotopic (exact) mass is 284 g/mol. The molecule has 1 atom stereocenters. The SMILES string of the molecule is Cc1ccc(Cl)c(NC(=O)C(=O)N[C@H](C)CCO)c1. The lowest BCUT2D eigenvalue weighted by Gasteiger charge is -2.12. The molecule has 3 N–H and O–H groups in total. The van der Waals surface area contributed by atoms with Crippen LogP contribution in [0.2, 0.25) is 5.02 Å². The Balaban J connectivity index is 2.64. The summed E-state index contributed by atoms with van der Waals surface area (Å²) in [6.45, 7) is 3.52. The maximum absolute atomic E-state index is 11.7. The van der Waals surface area contributed by atoms with Crippen molar-refractivity contribution in [2.45, 2.75) is 26.3 Å². The van der Waals surface area contributed by atoms with E-state index in [1.165, 1.54) is 0 Å². The number of carbonyl (C=O) groups excluding carboxylic acids is 2. The van der Waals surface area contributed by atoms with Gasteiger partial charge in [-0.1, -0.05) is 17.7 Å². The predicted molar refractivity (Wildman–Crippen MR) is 74.1 cm³/mol. The minimum absolute atomic E-state index is 0.0488. The van der Waals surface area contributed by atoms with Crippen LogP contribution in [0.1, 0.15) is 18.9 Å². The normalized spacial score (nSPS) is 11.8. The largest absolute Gasteiger partial charge is 0.396 e. The molecule has 0 heterocycles. The Hall–Kier alpha value is -1.59. The first kappa shape index (κ1) is 15.5. The Morgan fingerprint density at radius 2 is 2.05 bits per heavy atom. The summed E-state index contributed by atoms with van der Waals surface area (Å²) in [5.74, 6) is -1.53. The molecule has 0 radical (unpaired) electrons. The number of aryl methyl sites for hydroxylation is 1. The fraction of sp³-hybridized carbons (Fsp3) is 0.385. The Morgan fingerprint density at radius 1 is 1.37 bits per heavy atom. The van der Waals surface area contributed by atoms with Gasteiger partial charge in [0.2, 0.25) is 0 Å². The van der Waals surface area contributed by atoms with E-state index in [0.717, 1.165) is 5.56 Å². The molecular weight excluding hydrogens is 268 g/mol. The first-order valence-electron chi connectivity index (χ1n) is 5.93. The molecule has 0 aromatic heterocycles. The molecule has 2 amide bonds. The van der Waals surface area contributed by atoms with Gasteiger partial charge < -0.3 is 15.7 Å². The number of amides is 2. The molecular formula is C13H17ClN2O3. The van der Waals surface area contributed by atoms with Gasteiger partial charge in [0.15, 0.2) is 0 Å². The van der Waals surface area contributed by atoms with Gasteiger partial charge in [-0.05, 0) is 38.0 Å². The van der Waals surface area contributed by atoms with E-state index in [0.29, 0.717) is 17.1 Å². The van der Waals surface area contributed by atoms with Crippen LogP contribution in [-0.2, 0) is 9.59 Å². The maximum Gasteiger partial charge on any atom is 0.313 e.